The summed E-state index contributed by atoms with van der Waals surface area (Å²) in [6.07, 6.45) is 10.5. The Morgan fingerprint density at radius 1 is 1.30 bits per heavy atom. The molecule has 1 heterocycles. The van der Waals surface area contributed by atoms with Crippen molar-refractivity contribution >= 4 is 0 Å². The van der Waals surface area contributed by atoms with Gasteiger partial charge in [-0.25, -0.2) is 0 Å². The van der Waals surface area contributed by atoms with Crippen LogP contribution in [0, 0.1) is 11.3 Å². The molecular formula is C20H37NO2. The van der Waals surface area contributed by atoms with Gasteiger partial charge in [0, 0.05) is 25.9 Å². The van der Waals surface area contributed by atoms with E-state index in [0.717, 1.165) is 44.9 Å². The van der Waals surface area contributed by atoms with Gasteiger partial charge in [0.2, 0.25) is 0 Å². The summed E-state index contributed by atoms with van der Waals surface area (Å²) >= 11 is 0. The molecule has 0 aromatic heterocycles. The Morgan fingerprint density at radius 3 is 2.61 bits per heavy atom. The molecule has 3 heteroatoms. The number of ether oxygens (including phenoxy) is 2. The van der Waals surface area contributed by atoms with E-state index in [2.05, 4.69) is 39.3 Å². The predicted octanol–water partition coefficient (Wildman–Crippen LogP) is 4.62. The maximum Gasteiger partial charge on any atom is 0.168 e. The zero-order valence-corrected chi connectivity index (χ0v) is 15.8. The predicted molar refractivity (Wildman–Crippen MR) is 96.5 cm³/mol. The van der Waals surface area contributed by atoms with Gasteiger partial charge in [0.15, 0.2) is 5.79 Å². The number of likely N-dealkylation sites (N-methyl/N-ethyl adjacent to an activating group) is 1. The topological polar surface area (TPSA) is 21.7 Å². The SMILES string of the molecule is C=CCN(C)CCC1COC2(CCC(C(C)(C)CCC)CC2)O1. The van der Waals surface area contributed by atoms with Crippen molar-refractivity contribution in [2.45, 2.75) is 77.6 Å². The largest absolute Gasteiger partial charge is 0.347 e. The maximum absolute atomic E-state index is 6.36. The van der Waals surface area contributed by atoms with Crippen LogP contribution in [0.3, 0.4) is 0 Å². The molecule has 1 unspecified atom stereocenters. The van der Waals surface area contributed by atoms with E-state index in [4.69, 9.17) is 9.47 Å². The molecule has 2 aliphatic rings. The second-order valence-corrected chi connectivity index (χ2v) is 8.31. The first-order valence-electron chi connectivity index (χ1n) is 9.52. The molecule has 1 saturated carbocycles. The number of nitrogens with zero attached hydrogens (tertiary/aromatic N) is 1. The van der Waals surface area contributed by atoms with Gasteiger partial charge in [0.25, 0.3) is 0 Å². The van der Waals surface area contributed by atoms with Gasteiger partial charge in [-0.3, -0.25) is 0 Å². The molecule has 23 heavy (non-hydrogen) atoms. The van der Waals surface area contributed by atoms with Crippen molar-refractivity contribution in [3.05, 3.63) is 12.7 Å². The standard InChI is InChI=1S/C20H37NO2/c1-6-11-19(3,4)17-8-12-20(13-9-17)22-16-18(23-20)10-15-21(5)14-7-2/h7,17-18H,2,6,8-16H2,1,3-5H3. The first kappa shape index (κ1) is 19.0. The molecule has 1 spiro atoms. The first-order valence-corrected chi connectivity index (χ1v) is 9.52. The van der Waals surface area contributed by atoms with Gasteiger partial charge in [-0.2, -0.15) is 0 Å². The van der Waals surface area contributed by atoms with Gasteiger partial charge < -0.3 is 14.4 Å². The highest BCUT2D eigenvalue weighted by molar-refractivity contribution is 4.90. The average Bonchev–Trinajstić information content (AvgIpc) is 2.89. The van der Waals surface area contributed by atoms with Crippen molar-refractivity contribution in [3.8, 4) is 0 Å². The molecule has 0 aromatic carbocycles. The average molecular weight is 324 g/mol. The summed E-state index contributed by atoms with van der Waals surface area (Å²) in [7, 11) is 2.13. The lowest BCUT2D eigenvalue weighted by atomic mass is 9.68. The number of rotatable bonds is 8. The van der Waals surface area contributed by atoms with Gasteiger partial charge in [0.1, 0.15) is 0 Å². The molecule has 134 valence electrons. The van der Waals surface area contributed by atoms with E-state index in [1.165, 1.54) is 25.7 Å². The minimum Gasteiger partial charge on any atom is -0.347 e. The van der Waals surface area contributed by atoms with Crippen LogP contribution in [0.5, 0.6) is 0 Å². The van der Waals surface area contributed by atoms with E-state index in [0.29, 0.717) is 5.41 Å². The molecule has 2 fully saturated rings. The molecule has 0 radical (unpaired) electrons. The Labute approximate surface area is 143 Å². The summed E-state index contributed by atoms with van der Waals surface area (Å²) in [5.74, 6) is 0.554. The van der Waals surface area contributed by atoms with Gasteiger partial charge in [0.05, 0.1) is 12.7 Å². The zero-order valence-electron chi connectivity index (χ0n) is 15.8. The molecule has 3 nitrogen and oxygen atoms in total. The monoisotopic (exact) mass is 323 g/mol. The van der Waals surface area contributed by atoms with E-state index in [9.17, 15) is 0 Å². The molecular weight excluding hydrogens is 286 g/mol. The quantitative estimate of drug-likeness (QED) is 0.608. The van der Waals surface area contributed by atoms with E-state index in [-0.39, 0.29) is 11.9 Å². The molecule has 1 saturated heterocycles. The fraction of sp³-hybridized carbons (Fsp3) is 0.900. The fourth-order valence-electron chi connectivity index (χ4n) is 4.38. The van der Waals surface area contributed by atoms with Crippen LogP contribution in [-0.2, 0) is 9.47 Å². The summed E-state index contributed by atoms with van der Waals surface area (Å²) in [5, 5.41) is 0. The number of hydrogen-bond donors (Lipinski definition) is 0. The third kappa shape index (κ3) is 5.04. The van der Waals surface area contributed by atoms with Crippen LogP contribution in [0.25, 0.3) is 0 Å². The van der Waals surface area contributed by atoms with Crippen LogP contribution >= 0.6 is 0 Å². The van der Waals surface area contributed by atoms with E-state index < -0.39 is 0 Å². The van der Waals surface area contributed by atoms with Crippen molar-refractivity contribution < 1.29 is 9.47 Å². The van der Waals surface area contributed by atoms with Crippen molar-refractivity contribution in [3.63, 3.8) is 0 Å². The van der Waals surface area contributed by atoms with E-state index in [1.54, 1.807) is 0 Å². The molecule has 1 aliphatic carbocycles. The summed E-state index contributed by atoms with van der Waals surface area (Å²) in [4.78, 5) is 2.28. The van der Waals surface area contributed by atoms with Crippen LogP contribution in [0.15, 0.2) is 12.7 Å². The Morgan fingerprint density at radius 2 is 2.00 bits per heavy atom. The molecule has 0 N–H and O–H groups in total. The second-order valence-electron chi connectivity index (χ2n) is 8.31. The minimum absolute atomic E-state index is 0.263. The molecule has 2 rings (SSSR count). The third-order valence-corrected chi connectivity index (χ3v) is 5.93. The summed E-state index contributed by atoms with van der Waals surface area (Å²) in [6.45, 7) is 13.7. The maximum atomic E-state index is 6.36. The Kier molecular flexibility index (Phi) is 6.70. The zero-order chi connectivity index (χ0) is 16.9. The van der Waals surface area contributed by atoms with Crippen molar-refractivity contribution in [1.82, 2.24) is 4.90 Å². The molecule has 0 aromatic rings. The van der Waals surface area contributed by atoms with Crippen LogP contribution < -0.4 is 0 Å². The van der Waals surface area contributed by atoms with Crippen LogP contribution in [0.2, 0.25) is 0 Å². The highest BCUT2D eigenvalue weighted by Crippen LogP contribution is 2.47. The van der Waals surface area contributed by atoms with Crippen LogP contribution in [0.1, 0.15) is 65.7 Å². The van der Waals surface area contributed by atoms with Gasteiger partial charge in [-0.15, -0.1) is 6.58 Å². The Bertz CT molecular complexity index is 372. The second kappa shape index (κ2) is 8.13. The third-order valence-electron chi connectivity index (χ3n) is 5.93. The van der Waals surface area contributed by atoms with Crippen LogP contribution in [0.4, 0.5) is 0 Å². The van der Waals surface area contributed by atoms with Crippen molar-refractivity contribution in [2.24, 2.45) is 11.3 Å². The smallest absolute Gasteiger partial charge is 0.168 e. The van der Waals surface area contributed by atoms with Gasteiger partial charge >= 0.3 is 0 Å². The Balaban J connectivity index is 1.77. The molecule has 1 atom stereocenters. The van der Waals surface area contributed by atoms with Gasteiger partial charge in [-0.1, -0.05) is 33.3 Å². The lowest BCUT2D eigenvalue weighted by molar-refractivity contribution is -0.197. The van der Waals surface area contributed by atoms with Crippen molar-refractivity contribution in [2.75, 3.05) is 26.7 Å². The van der Waals surface area contributed by atoms with Gasteiger partial charge in [-0.05, 0) is 44.1 Å². The molecule has 0 bridgehead atoms. The normalized spacial score (nSPS) is 31.9. The minimum atomic E-state index is -0.263. The first-order chi connectivity index (χ1) is 10.9. The van der Waals surface area contributed by atoms with Crippen molar-refractivity contribution in [1.29, 1.82) is 0 Å². The van der Waals surface area contributed by atoms with E-state index in [1.807, 2.05) is 6.08 Å². The number of hydrogen-bond acceptors (Lipinski definition) is 3. The summed E-state index contributed by atoms with van der Waals surface area (Å²) in [5.41, 5.74) is 0.460. The highest BCUT2D eigenvalue weighted by atomic mass is 16.7. The summed E-state index contributed by atoms with van der Waals surface area (Å²) in [6, 6.07) is 0. The molecule has 1 aliphatic heterocycles. The lowest BCUT2D eigenvalue weighted by Crippen LogP contribution is -2.39. The van der Waals surface area contributed by atoms with Crippen LogP contribution in [-0.4, -0.2) is 43.5 Å². The fourth-order valence-corrected chi connectivity index (χ4v) is 4.38. The Hall–Kier alpha value is -0.380. The molecule has 0 amide bonds. The summed E-state index contributed by atoms with van der Waals surface area (Å²) < 4.78 is 12.5. The lowest BCUT2D eigenvalue weighted by Gasteiger charge is -2.42. The highest BCUT2D eigenvalue weighted by Gasteiger charge is 2.46. The van der Waals surface area contributed by atoms with E-state index >= 15 is 0 Å².